The van der Waals surface area contributed by atoms with Crippen LogP contribution in [0.5, 0.6) is 34.5 Å². The summed E-state index contributed by atoms with van der Waals surface area (Å²) in [6, 6.07) is 5.29. The third-order valence-electron chi connectivity index (χ3n) is 4.28. The number of aromatic hydroxyl groups is 2. The number of allylic oxidation sites excluding steroid dienone is 1. The van der Waals surface area contributed by atoms with Crippen molar-refractivity contribution in [1.29, 1.82) is 0 Å². The Balaban J connectivity index is 2.25. The maximum atomic E-state index is 12.4. The van der Waals surface area contributed by atoms with Crippen LogP contribution in [0.25, 0.3) is 12.2 Å². The summed E-state index contributed by atoms with van der Waals surface area (Å²) in [6.45, 7) is 0. The maximum absolute atomic E-state index is 12.4. The molecule has 32 heavy (non-hydrogen) atoms. The van der Waals surface area contributed by atoms with E-state index in [-0.39, 0.29) is 40.1 Å². The quantitative estimate of drug-likeness (QED) is 0.510. The largest absolute Gasteiger partial charge is 0.508 e. The summed E-state index contributed by atoms with van der Waals surface area (Å²) >= 11 is 0. The molecule has 0 aliphatic carbocycles. The Labute approximate surface area is 186 Å². The predicted octanol–water partition coefficient (Wildman–Crippen LogP) is 2.80. The van der Waals surface area contributed by atoms with Crippen molar-refractivity contribution in [3.05, 3.63) is 46.9 Å². The Morgan fingerprint density at radius 3 is 1.53 bits per heavy atom. The van der Waals surface area contributed by atoms with Gasteiger partial charge in [0.25, 0.3) is 0 Å². The SMILES string of the molecule is COc1cc(O)cc(OC)c1C=CC(=O)CS(=O)(=O)C=Cc1c(OC)cc(O)cc1OC. The number of phenols is 2. The number of methoxy groups -OCH3 is 4. The minimum Gasteiger partial charge on any atom is -0.508 e. The van der Waals surface area contributed by atoms with Crippen LogP contribution < -0.4 is 18.9 Å². The van der Waals surface area contributed by atoms with Crippen LogP contribution in [0.2, 0.25) is 0 Å². The first-order chi connectivity index (χ1) is 15.1. The molecule has 2 N–H and O–H groups in total. The van der Waals surface area contributed by atoms with Crippen LogP contribution in [0.1, 0.15) is 11.1 Å². The Bertz CT molecular complexity index is 1100. The lowest BCUT2D eigenvalue weighted by molar-refractivity contribution is -0.112. The Kier molecular flexibility index (Phi) is 8.14. The fourth-order valence-corrected chi connectivity index (χ4v) is 3.75. The topological polar surface area (TPSA) is 129 Å². The van der Waals surface area contributed by atoms with Crippen molar-refractivity contribution >= 4 is 27.8 Å². The molecule has 0 spiro atoms. The molecule has 10 heteroatoms. The highest BCUT2D eigenvalue weighted by Crippen LogP contribution is 2.35. The molecule has 2 aromatic carbocycles. The van der Waals surface area contributed by atoms with Gasteiger partial charge in [0, 0.05) is 29.7 Å². The summed E-state index contributed by atoms with van der Waals surface area (Å²) in [4.78, 5) is 12.3. The van der Waals surface area contributed by atoms with Gasteiger partial charge < -0.3 is 29.2 Å². The van der Waals surface area contributed by atoms with E-state index >= 15 is 0 Å². The van der Waals surface area contributed by atoms with Crippen LogP contribution in [0.4, 0.5) is 0 Å². The van der Waals surface area contributed by atoms with E-state index < -0.39 is 21.4 Å². The summed E-state index contributed by atoms with van der Waals surface area (Å²) in [5, 5.41) is 20.2. The van der Waals surface area contributed by atoms with E-state index in [1.807, 2.05) is 0 Å². The first-order valence-corrected chi connectivity index (χ1v) is 10.9. The second-order valence-electron chi connectivity index (χ2n) is 6.44. The fraction of sp³-hybridized carbons (Fsp3) is 0.227. The molecular formula is C22H24O9S. The van der Waals surface area contributed by atoms with Crippen molar-refractivity contribution < 1.29 is 42.4 Å². The van der Waals surface area contributed by atoms with E-state index in [9.17, 15) is 23.4 Å². The number of hydrogen-bond donors (Lipinski definition) is 2. The van der Waals surface area contributed by atoms with Gasteiger partial charge >= 0.3 is 0 Å². The number of ether oxygens (including phenoxy) is 4. The van der Waals surface area contributed by atoms with Gasteiger partial charge in [-0.3, -0.25) is 4.79 Å². The first-order valence-electron chi connectivity index (χ1n) is 9.15. The number of rotatable bonds is 10. The van der Waals surface area contributed by atoms with E-state index in [2.05, 4.69) is 0 Å². The van der Waals surface area contributed by atoms with Gasteiger partial charge in [-0.25, -0.2) is 8.42 Å². The van der Waals surface area contributed by atoms with Crippen LogP contribution >= 0.6 is 0 Å². The molecule has 0 aliphatic rings. The van der Waals surface area contributed by atoms with Gasteiger partial charge in [-0.05, 0) is 18.2 Å². The first kappa shape index (κ1) is 24.6. The number of ketones is 1. The van der Waals surface area contributed by atoms with Gasteiger partial charge in [0.05, 0.1) is 39.6 Å². The third-order valence-corrected chi connectivity index (χ3v) is 5.52. The van der Waals surface area contributed by atoms with Crippen LogP contribution in [0.15, 0.2) is 35.7 Å². The predicted molar refractivity (Wildman–Crippen MR) is 119 cm³/mol. The number of carbonyl (C=O) groups excluding carboxylic acids is 1. The van der Waals surface area contributed by atoms with Gasteiger partial charge in [-0.15, -0.1) is 0 Å². The summed E-state index contributed by atoms with van der Waals surface area (Å²) in [7, 11) is 1.55. The highest BCUT2D eigenvalue weighted by Gasteiger charge is 2.16. The molecule has 0 aliphatic heterocycles. The van der Waals surface area contributed by atoms with Crippen molar-refractivity contribution in [3.63, 3.8) is 0 Å². The zero-order valence-electron chi connectivity index (χ0n) is 18.0. The molecule has 2 aromatic rings. The maximum Gasteiger partial charge on any atom is 0.179 e. The van der Waals surface area contributed by atoms with Crippen molar-refractivity contribution in [1.82, 2.24) is 0 Å². The van der Waals surface area contributed by atoms with Gasteiger partial charge in [0.15, 0.2) is 15.6 Å². The number of benzene rings is 2. The molecule has 9 nitrogen and oxygen atoms in total. The highest BCUT2D eigenvalue weighted by molar-refractivity contribution is 7.95. The number of phenolic OH excluding ortho intramolecular Hbond substituents is 2. The lowest BCUT2D eigenvalue weighted by Gasteiger charge is -2.11. The molecule has 0 saturated carbocycles. The standard InChI is InChI=1S/C22H24O9S/c1-28-19-9-15(24)10-20(29-2)17(19)6-5-14(23)13-32(26,27)8-7-18-21(30-3)11-16(25)12-22(18)31-4/h5-12,24-25H,13H2,1-4H3. The average molecular weight is 464 g/mol. The number of sulfone groups is 1. The molecule has 0 fully saturated rings. The molecule has 172 valence electrons. The second-order valence-corrected chi connectivity index (χ2v) is 8.32. The molecule has 0 bridgehead atoms. The third kappa shape index (κ3) is 6.17. The normalized spacial score (nSPS) is 11.6. The van der Waals surface area contributed by atoms with E-state index in [0.29, 0.717) is 5.56 Å². The van der Waals surface area contributed by atoms with Crippen LogP contribution in [0, 0.1) is 0 Å². The van der Waals surface area contributed by atoms with Crippen LogP contribution in [-0.4, -0.2) is 58.6 Å². The van der Waals surface area contributed by atoms with Gasteiger partial charge in [0.2, 0.25) is 0 Å². The van der Waals surface area contributed by atoms with E-state index in [0.717, 1.165) is 11.5 Å². The number of hydrogen-bond acceptors (Lipinski definition) is 9. The van der Waals surface area contributed by atoms with E-state index in [1.54, 1.807) is 0 Å². The lowest BCUT2D eigenvalue weighted by atomic mass is 10.1. The van der Waals surface area contributed by atoms with E-state index in [4.69, 9.17) is 18.9 Å². The molecule has 0 aromatic heterocycles. The molecule has 0 unspecified atom stereocenters. The molecule has 0 amide bonds. The molecule has 0 saturated heterocycles. The molecule has 0 heterocycles. The summed E-state index contributed by atoms with van der Waals surface area (Å²) in [5.41, 5.74) is 0.658. The molecule has 2 rings (SSSR count). The average Bonchev–Trinajstić information content (AvgIpc) is 2.75. The minimum absolute atomic E-state index is 0.0880. The highest BCUT2D eigenvalue weighted by atomic mass is 32.2. The molecular weight excluding hydrogens is 440 g/mol. The van der Waals surface area contributed by atoms with Crippen molar-refractivity contribution in [2.45, 2.75) is 0 Å². The zero-order valence-corrected chi connectivity index (χ0v) is 18.8. The van der Waals surface area contributed by atoms with Gasteiger partial charge in [0.1, 0.15) is 40.2 Å². The van der Waals surface area contributed by atoms with Gasteiger partial charge in [-0.2, -0.15) is 0 Å². The number of carbonyl (C=O) groups is 1. The van der Waals surface area contributed by atoms with E-state index in [1.165, 1.54) is 64.9 Å². The summed E-state index contributed by atoms with van der Waals surface area (Å²) in [5.74, 6) is -0.770. The Morgan fingerprint density at radius 2 is 1.16 bits per heavy atom. The smallest absolute Gasteiger partial charge is 0.179 e. The summed E-state index contributed by atoms with van der Waals surface area (Å²) < 4.78 is 45.5. The van der Waals surface area contributed by atoms with Crippen LogP contribution in [0.3, 0.4) is 0 Å². The Morgan fingerprint density at radius 1 is 0.781 bits per heavy atom. The van der Waals surface area contributed by atoms with Crippen molar-refractivity contribution in [2.24, 2.45) is 0 Å². The van der Waals surface area contributed by atoms with Crippen molar-refractivity contribution in [3.8, 4) is 34.5 Å². The molecule has 0 atom stereocenters. The second kappa shape index (κ2) is 10.6. The fourth-order valence-electron chi connectivity index (χ4n) is 2.82. The van der Waals surface area contributed by atoms with Crippen molar-refractivity contribution in [2.75, 3.05) is 34.2 Å². The van der Waals surface area contributed by atoms with Crippen LogP contribution in [-0.2, 0) is 14.6 Å². The lowest BCUT2D eigenvalue weighted by Crippen LogP contribution is -2.11. The monoisotopic (exact) mass is 464 g/mol. The minimum atomic E-state index is -3.94. The molecule has 0 radical (unpaired) electrons. The summed E-state index contributed by atoms with van der Waals surface area (Å²) in [6.07, 6.45) is 3.67. The Hall–Kier alpha value is -3.66. The van der Waals surface area contributed by atoms with Gasteiger partial charge in [-0.1, -0.05) is 0 Å². The zero-order chi connectivity index (χ0) is 23.9.